The molecule has 0 aromatic heterocycles. The lowest BCUT2D eigenvalue weighted by Gasteiger charge is -2.35. The number of morpholine rings is 1. The van der Waals surface area contributed by atoms with Gasteiger partial charge in [-0.2, -0.15) is 12.7 Å². The van der Waals surface area contributed by atoms with Gasteiger partial charge in [-0.15, -0.1) is 0 Å². The van der Waals surface area contributed by atoms with E-state index in [1.165, 1.54) is 0 Å². The number of hydrogen-bond acceptors (Lipinski definition) is 4. The fourth-order valence-electron chi connectivity index (χ4n) is 3.15. The predicted octanol–water partition coefficient (Wildman–Crippen LogP) is 2.02. The smallest absolute Gasteiger partial charge is 0.279 e. The molecule has 0 bridgehead atoms. The minimum atomic E-state index is -3.46. The van der Waals surface area contributed by atoms with Gasteiger partial charge < -0.3 is 4.74 Å². The van der Waals surface area contributed by atoms with Gasteiger partial charge in [0.2, 0.25) is 0 Å². The van der Waals surface area contributed by atoms with Gasteiger partial charge in [-0.05, 0) is 18.4 Å². The zero-order valence-corrected chi connectivity index (χ0v) is 16.2. The highest BCUT2D eigenvalue weighted by atomic mass is 32.2. The average Bonchev–Trinajstić information content (AvgIpc) is 2.63. The van der Waals surface area contributed by atoms with E-state index < -0.39 is 10.2 Å². The number of ether oxygens (including phenoxy) is 1. The minimum absolute atomic E-state index is 0.0185. The Kier molecular flexibility index (Phi) is 8.32. The molecule has 1 aliphatic heterocycles. The summed E-state index contributed by atoms with van der Waals surface area (Å²) in [6.07, 6.45) is 1.62. The molecule has 1 aromatic rings. The number of rotatable bonds is 10. The van der Waals surface area contributed by atoms with Crippen LogP contribution in [-0.4, -0.2) is 63.6 Å². The number of nitrogens with zero attached hydrogens (tertiary/aromatic N) is 2. The molecule has 1 aromatic carbocycles. The van der Waals surface area contributed by atoms with Crippen molar-refractivity contribution < 1.29 is 13.2 Å². The third-order valence-corrected chi connectivity index (χ3v) is 5.99. The van der Waals surface area contributed by atoms with Crippen molar-refractivity contribution in [3.8, 4) is 0 Å². The molecular formula is C18H31N3O3S. The van der Waals surface area contributed by atoms with Crippen LogP contribution in [0.25, 0.3) is 0 Å². The van der Waals surface area contributed by atoms with Crippen LogP contribution < -0.4 is 4.72 Å². The fraction of sp³-hybridized carbons (Fsp3) is 0.667. The SMILES string of the molecule is CCCN(CCC)S(=O)(=O)NC[C@H](c1ccccc1)N1CCOCC1. The second-order valence-corrected chi connectivity index (χ2v) is 8.08. The molecule has 0 aliphatic carbocycles. The second kappa shape index (κ2) is 10.2. The molecule has 2 rings (SSSR count). The first-order valence-corrected chi connectivity index (χ1v) is 10.6. The quantitative estimate of drug-likeness (QED) is 0.685. The van der Waals surface area contributed by atoms with Crippen LogP contribution in [0.4, 0.5) is 0 Å². The standard InChI is InChI=1S/C18H31N3O3S/c1-3-10-21(11-4-2)25(22,23)19-16-18(17-8-6-5-7-9-17)20-12-14-24-15-13-20/h5-9,18-19H,3-4,10-16H2,1-2H3/t18-/m1/s1. The Morgan fingerprint density at radius 2 is 1.72 bits per heavy atom. The van der Waals surface area contributed by atoms with Gasteiger partial charge in [0.1, 0.15) is 0 Å². The second-order valence-electron chi connectivity index (χ2n) is 6.33. The van der Waals surface area contributed by atoms with Crippen molar-refractivity contribution in [3.05, 3.63) is 35.9 Å². The molecule has 142 valence electrons. The maximum absolute atomic E-state index is 12.7. The highest BCUT2D eigenvalue weighted by molar-refractivity contribution is 7.87. The van der Waals surface area contributed by atoms with Gasteiger partial charge in [0.05, 0.1) is 13.2 Å². The molecular weight excluding hydrogens is 338 g/mol. The summed E-state index contributed by atoms with van der Waals surface area (Å²) in [5.41, 5.74) is 1.13. The van der Waals surface area contributed by atoms with Crippen molar-refractivity contribution in [3.63, 3.8) is 0 Å². The van der Waals surface area contributed by atoms with E-state index in [1.54, 1.807) is 4.31 Å². The van der Waals surface area contributed by atoms with E-state index in [0.717, 1.165) is 31.5 Å². The van der Waals surface area contributed by atoms with E-state index in [2.05, 4.69) is 21.8 Å². The highest BCUT2D eigenvalue weighted by Gasteiger charge is 2.26. The van der Waals surface area contributed by atoms with Crippen LogP contribution in [0, 0.1) is 0 Å². The lowest BCUT2D eigenvalue weighted by Crippen LogP contribution is -2.47. The van der Waals surface area contributed by atoms with Gasteiger partial charge >= 0.3 is 0 Å². The third kappa shape index (κ3) is 6.04. The average molecular weight is 370 g/mol. The zero-order chi connectivity index (χ0) is 18.1. The van der Waals surface area contributed by atoms with Crippen LogP contribution in [0.3, 0.4) is 0 Å². The van der Waals surface area contributed by atoms with Crippen molar-refractivity contribution in [2.45, 2.75) is 32.7 Å². The first-order valence-electron chi connectivity index (χ1n) is 9.20. The first-order chi connectivity index (χ1) is 12.1. The Labute approximate surface area is 152 Å². The molecule has 1 heterocycles. The lowest BCUT2D eigenvalue weighted by atomic mass is 10.1. The van der Waals surface area contributed by atoms with Crippen LogP contribution in [0.1, 0.15) is 38.3 Å². The van der Waals surface area contributed by atoms with Crippen molar-refractivity contribution in [1.29, 1.82) is 0 Å². The van der Waals surface area contributed by atoms with E-state index in [-0.39, 0.29) is 6.04 Å². The molecule has 0 saturated carbocycles. The van der Waals surface area contributed by atoms with Crippen molar-refractivity contribution in [2.75, 3.05) is 45.9 Å². The van der Waals surface area contributed by atoms with Crippen LogP contribution in [0.15, 0.2) is 30.3 Å². The zero-order valence-electron chi connectivity index (χ0n) is 15.4. The summed E-state index contributed by atoms with van der Waals surface area (Å²) in [7, 11) is -3.46. The summed E-state index contributed by atoms with van der Waals surface area (Å²) >= 11 is 0. The van der Waals surface area contributed by atoms with Crippen LogP contribution in [0.2, 0.25) is 0 Å². The number of benzene rings is 1. The summed E-state index contributed by atoms with van der Waals surface area (Å²) in [6.45, 7) is 8.48. The van der Waals surface area contributed by atoms with E-state index >= 15 is 0 Å². The van der Waals surface area contributed by atoms with E-state index in [1.807, 2.05) is 32.0 Å². The maximum atomic E-state index is 12.7. The summed E-state index contributed by atoms with van der Waals surface area (Å²) in [4.78, 5) is 2.30. The van der Waals surface area contributed by atoms with Crippen LogP contribution >= 0.6 is 0 Å². The van der Waals surface area contributed by atoms with Crippen molar-refractivity contribution in [2.24, 2.45) is 0 Å². The first kappa shape index (κ1) is 20.3. The molecule has 1 aliphatic rings. The highest BCUT2D eigenvalue weighted by Crippen LogP contribution is 2.21. The summed E-state index contributed by atoms with van der Waals surface area (Å²) < 4.78 is 35.2. The van der Waals surface area contributed by atoms with E-state index in [9.17, 15) is 8.42 Å². The van der Waals surface area contributed by atoms with Crippen LogP contribution in [-0.2, 0) is 14.9 Å². The lowest BCUT2D eigenvalue weighted by molar-refractivity contribution is 0.0171. The molecule has 0 unspecified atom stereocenters. The molecule has 1 saturated heterocycles. The molecule has 0 amide bonds. The van der Waals surface area contributed by atoms with Crippen molar-refractivity contribution in [1.82, 2.24) is 13.9 Å². The van der Waals surface area contributed by atoms with Crippen molar-refractivity contribution >= 4 is 10.2 Å². The monoisotopic (exact) mass is 369 g/mol. The predicted molar refractivity (Wildman–Crippen MR) is 101 cm³/mol. The number of hydrogen-bond donors (Lipinski definition) is 1. The summed E-state index contributed by atoms with van der Waals surface area (Å²) in [5.74, 6) is 0. The molecule has 6 nitrogen and oxygen atoms in total. The Bertz CT molecular complexity index is 583. The van der Waals surface area contributed by atoms with Gasteiger partial charge in [-0.3, -0.25) is 4.90 Å². The Morgan fingerprint density at radius 1 is 1.12 bits per heavy atom. The minimum Gasteiger partial charge on any atom is -0.379 e. The Morgan fingerprint density at radius 3 is 2.28 bits per heavy atom. The fourth-order valence-corrected chi connectivity index (χ4v) is 4.55. The van der Waals surface area contributed by atoms with E-state index in [0.29, 0.717) is 32.8 Å². The van der Waals surface area contributed by atoms with E-state index in [4.69, 9.17) is 4.74 Å². The molecule has 0 spiro atoms. The molecule has 1 atom stereocenters. The molecule has 1 N–H and O–H groups in total. The molecule has 1 fully saturated rings. The van der Waals surface area contributed by atoms with Gasteiger partial charge in [0.25, 0.3) is 10.2 Å². The van der Waals surface area contributed by atoms with Gasteiger partial charge in [-0.25, -0.2) is 4.72 Å². The Hall–Kier alpha value is -0.990. The van der Waals surface area contributed by atoms with Gasteiger partial charge in [0, 0.05) is 38.8 Å². The third-order valence-electron chi connectivity index (χ3n) is 4.42. The van der Waals surface area contributed by atoms with Crippen LogP contribution in [0.5, 0.6) is 0 Å². The molecule has 25 heavy (non-hydrogen) atoms. The summed E-state index contributed by atoms with van der Waals surface area (Å²) in [6, 6.07) is 10.1. The number of nitrogens with one attached hydrogen (secondary N) is 1. The van der Waals surface area contributed by atoms with Gasteiger partial charge in [0.15, 0.2) is 0 Å². The summed E-state index contributed by atoms with van der Waals surface area (Å²) in [5, 5.41) is 0. The van der Waals surface area contributed by atoms with Gasteiger partial charge in [-0.1, -0.05) is 44.2 Å². The molecule has 0 radical (unpaired) electrons. The topological polar surface area (TPSA) is 61.9 Å². The normalized spacial score (nSPS) is 17.7. The maximum Gasteiger partial charge on any atom is 0.279 e. The largest absolute Gasteiger partial charge is 0.379 e. The Balaban J connectivity index is 2.10. The molecule has 7 heteroatoms.